The Morgan fingerprint density at radius 3 is 2.28 bits per heavy atom. The first-order chi connectivity index (χ1) is 14.1. The number of rotatable bonds is 6. The van der Waals surface area contributed by atoms with Crippen LogP contribution in [-0.4, -0.2) is 43.7 Å². The van der Waals surface area contributed by atoms with Gasteiger partial charge in [0, 0.05) is 34.4 Å². The van der Waals surface area contributed by atoms with Crippen molar-refractivity contribution in [2.24, 2.45) is 0 Å². The van der Waals surface area contributed by atoms with Gasteiger partial charge >= 0.3 is 0 Å². The average Bonchev–Trinajstić information content (AvgIpc) is 3.14. The molecule has 2 heterocycles. The predicted molar refractivity (Wildman–Crippen MR) is 124 cm³/mol. The summed E-state index contributed by atoms with van der Waals surface area (Å²) in [5.74, 6) is 0. The van der Waals surface area contributed by atoms with Crippen LogP contribution >= 0.6 is 23.2 Å². The van der Waals surface area contributed by atoms with E-state index in [1.165, 1.54) is 37.1 Å². The highest BCUT2D eigenvalue weighted by Crippen LogP contribution is 2.36. The first kappa shape index (κ1) is 21.0. The van der Waals surface area contributed by atoms with E-state index in [2.05, 4.69) is 46.4 Å². The van der Waals surface area contributed by atoms with Crippen molar-refractivity contribution in [3.63, 3.8) is 0 Å². The Morgan fingerprint density at radius 1 is 0.931 bits per heavy atom. The molecule has 2 aromatic rings. The molecule has 0 bridgehead atoms. The maximum absolute atomic E-state index is 6.15. The Hall–Kier alpha value is -1.26. The largest absolute Gasteiger partial charge is 0.364 e. The fourth-order valence-electron chi connectivity index (χ4n) is 4.89. The second-order valence-corrected chi connectivity index (χ2v) is 9.35. The Morgan fingerprint density at radius 2 is 1.62 bits per heavy atom. The van der Waals surface area contributed by atoms with Gasteiger partial charge in [0.05, 0.1) is 6.04 Å². The third-order valence-electron chi connectivity index (χ3n) is 6.60. The number of nitrogens with zero attached hydrogens (tertiary/aromatic N) is 2. The van der Waals surface area contributed by atoms with E-state index in [1.54, 1.807) is 0 Å². The summed E-state index contributed by atoms with van der Waals surface area (Å²) < 4.78 is 0. The lowest BCUT2D eigenvalue weighted by atomic mass is 9.91. The van der Waals surface area contributed by atoms with Gasteiger partial charge in [-0.15, -0.1) is 0 Å². The summed E-state index contributed by atoms with van der Waals surface area (Å²) in [6, 6.07) is 18.2. The van der Waals surface area contributed by atoms with E-state index < -0.39 is 0 Å². The molecule has 0 aromatic heterocycles. The molecule has 156 valence electrons. The van der Waals surface area contributed by atoms with Crippen LogP contribution in [0.5, 0.6) is 0 Å². The molecule has 0 spiro atoms. The van der Waals surface area contributed by atoms with Gasteiger partial charge in [-0.1, -0.05) is 35.3 Å². The zero-order valence-electron chi connectivity index (χ0n) is 17.2. The second kappa shape index (κ2) is 9.70. The summed E-state index contributed by atoms with van der Waals surface area (Å²) in [5, 5.41) is 5.43. The highest BCUT2D eigenvalue weighted by atomic mass is 35.5. The van der Waals surface area contributed by atoms with Gasteiger partial charge in [-0.3, -0.25) is 0 Å². The van der Waals surface area contributed by atoms with Gasteiger partial charge in [0.1, 0.15) is 0 Å². The number of anilines is 1. The first-order valence-electron chi connectivity index (χ1n) is 10.8. The number of halogens is 2. The van der Waals surface area contributed by atoms with Crippen LogP contribution in [0, 0.1) is 0 Å². The maximum Gasteiger partial charge on any atom is 0.0557 e. The van der Waals surface area contributed by atoms with E-state index in [0.717, 1.165) is 42.0 Å². The summed E-state index contributed by atoms with van der Waals surface area (Å²) in [4.78, 5) is 5.03. The normalized spacial score (nSPS) is 25.5. The SMILES string of the molecule is CN1CCCC1CCNC1CCN(c2ccc(Cl)cc2)C(c2ccc(Cl)cc2)C1. The van der Waals surface area contributed by atoms with Crippen LogP contribution in [0.1, 0.15) is 43.7 Å². The smallest absolute Gasteiger partial charge is 0.0557 e. The van der Waals surface area contributed by atoms with Gasteiger partial charge in [-0.25, -0.2) is 0 Å². The standard InChI is InChI=1S/C24H31Cl2N3/c1-28-15-2-3-22(28)12-14-27-21-13-16-29(23-10-8-20(26)9-11-23)24(17-21)18-4-6-19(25)7-5-18/h4-11,21-22,24,27H,2-3,12-17H2,1H3. The minimum Gasteiger partial charge on any atom is -0.364 e. The van der Waals surface area contributed by atoms with Crippen LogP contribution in [0.4, 0.5) is 5.69 Å². The van der Waals surface area contributed by atoms with Crippen LogP contribution in [0.3, 0.4) is 0 Å². The van der Waals surface area contributed by atoms with E-state index in [0.29, 0.717) is 12.1 Å². The predicted octanol–water partition coefficient (Wildman–Crippen LogP) is 5.78. The van der Waals surface area contributed by atoms with Crippen LogP contribution in [0.25, 0.3) is 0 Å². The third-order valence-corrected chi connectivity index (χ3v) is 7.10. The molecule has 3 unspecified atom stereocenters. The molecular weight excluding hydrogens is 401 g/mol. The minimum atomic E-state index is 0.342. The lowest BCUT2D eigenvalue weighted by Crippen LogP contribution is -2.45. The van der Waals surface area contributed by atoms with E-state index in [-0.39, 0.29) is 0 Å². The van der Waals surface area contributed by atoms with Crippen molar-refractivity contribution in [3.05, 3.63) is 64.1 Å². The molecule has 2 aromatic carbocycles. The van der Waals surface area contributed by atoms with Crippen molar-refractivity contribution >= 4 is 28.9 Å². The van der Waals surface area contributed by atoms with Gasteiger partial charge in [-0.05, 0) is 94.2 Å². The monoisotopic (exact) mass is 431 g/mol. The number of hydrogen-bond acceptors (Lipinski definition) is 3. The molecule has 4 rings (SSSR count). The molecule has 0 aliphatic carbocycles. The topological polar surface area (TPSA) is 18.5 Å². The number of benzene rings is 2. The summed E-state index contributed by atoms with van der Waals surface area (Å²) in [6.07, 6.45) is 6.21. The molecule has 5 heteroatoms. The number of nitrogens with one attached hydrogen (secondary N) is 1. The third kappa shape index (κ3) is 5.27. The summed E-state index contributed by atoms with van der Waals surface area (Å²) >= 11 is 12.3. The fraction of sp³-hybridized carbons (Fsp3) is 0.500. The van der Waals surface area contributed by atoms with Crippen LogP contribution < -0.4 is 10.2 Å². The number of likely N-dealkylation sites (tertiary alicyclic amines) is 1. The Balaban J connectivity index is 1.44. The molecule has 1 N–H and O–H groups in total. The quantitative estimate of drug-likeness (QED) is 0.625. The number of hydrogen-bond donors (Lipinski definition) is 1. The molecule has 2 saturated heterocycles. The molecule has 0 radical (unpaired) electrons. The molecule has 3 atom stereocenters. The van der Waals surface area contributed by atoms with Crippen molar-refractivity contribution in [1.82, 2.24) is 10.2 Å². The molecule has 0 amide bonds. The summed E-state index contributed by atoms with van der Waals surface area (Å²) in [7, 11) is 2.26. The van der Waals surface area contributed by atoms with Gasteiger partial charge in [0.25, 0.3) is 0 Å². The molecule has 2 aliphatic heterocycles. The molecule has 0 saturated carbocycles. The molecule has 2 aliphatic rings. The fourth-order valence-corrected chi connectivity index (χ4v) is 5.14. The van der Waals surface area contributed by atoms with Gasteiger partial charge in [-0.2, -0.15) is 0 Å². The Labute approximate surface area is 185 Å². The van der Waals surface area contributed by atoms with E-state index in [1.807, 2.05) is 24.3 Å². The maximum atomic E-state index is 6.15. The van der Waals surface area contributed by atoms with Crippen LogP contribution in [0.2, 0.25) is 10.0 Å². The molecule has 29 heavy (non-hydrogen) atoms. The van der Waals surface area contributed by atoms with Crippen molar-refractivity contribution in [1.29, 1.82) is 0 Å². The van der Waals surface area contributed by atoms with Crippen molar-refractivity contribution in [3.8, 4) is 0 Å². The lowest BCUT2D eigenvalue weighted by molar-refractivity contribution is 0.282. The number of piperidine rings is 1. The van der Waals surface area contributed by atoms with Gasteiger partial charge in [0.2, 0.25) is 0 Å². The van der Waals surface area contributed by atoms with Crippen molar-refractivity contribution < 1.29 is 0 Å². The molecule has 2 fully saturated rings. The van der Waals surface area contributed by atoms with Gasteiger partial charge < -0.3 is 15.1 Å². The van der Waals surface area contributed by atoms with Crippen LogP contribution in [0.15, 0.2) is 48.5 Å². The lowest BCUT2D eigenvalue weighted by Gasteiger charge is -2.42. The van der Waals surface area contributed by atoms with E-state index in [4.69, 9.17) is 23.2 Å². The van der Waals surface area contributed by atoms with Gasteiger partial charge in [0.15, 0.2) is 0 Å². The van der Waals surface area contributed by atoms with Crippen molar-refractivity contribution in [2.45, 2.75) is 50.2 Å². The van der Waals surface area contributed by atoms with Crippen molar-refractivity contribution in [2.75, 3.05) is 31.6 Å². The molecular formula is C24H31Cl2N3. The van der Waals surface area contributed by atoms with E-state index in [9.17, 15) is 0 Å². The minimum absolute atomic E-state index is 0.342. The highest BCUT2D eigenvalue weighted by molar-refractivity contribution is 6.30. The zero-order valence-corrected chi connectivity index (χ0v) is 18.7. The van der Waals surface area contributed by atoms with Crippen LogP contribution in [-0.2, 0) is 0 Å². The highest BCUT2D eigenvalue weighted by Gasteiger charge is 2.30. The summed E-state index contributed by atoms with van der Waals surface area (Å²) in [5.41, 5.74) is 2.56. The van der Waals surface area contributed by atoms with E-state index >= 15 is 0 Å². The average molecular weight is 432 g/mol. The molecule has 3 nitrogen and oxygen atoms in total. The second-order valence-electron chi connectivity index (χ2n) is 8.48. The zero-order chi connectivity index (χ0) is 20.2. The Bertz CT molecular complexity index is 778. The Kier molecular flexibility index (Phi) is 7.02. The first-order valence-corrected chi connectivity index (χ1v) is 11.6. The summed E-state index contributed by atoms with van der Waals surface area (Å²) in [6.45, 7) is 3.40.